The Kier molecular flexibility index (Phi) is 4.55. The smallest absolute Gasteiger partial charge is 0.333 e. The molecular formula is C28H38O5. The Morgan fingerprint density at radius 2 is 1.88 bits per heavy atom. The molecule has 0 aromatic carbocycles. The van der Waals surface area contributed by atoms with E-state index in [0.717, 1.165) is 43.3 Å². The number of carbonyl (C=O) groups excluding carboxylic acids is 2. The van der Waals surface area contributed by atoms with Gasteiger partial charge in [-0.3, -0.25) is 4.79 Å². The average molecular weight is 455 g/mol. The Morgan fingerprint density at radius 3 is 2.61 bits per heavy atom. The number of aliphatic hydroxyl groups excluding tert-OH is 1. The first kappa shape index (κ1) is 22.0. The van der Waals surface area contributed by atoms with Crippen molar-refractivity contribution in [1.29, 1.82) is 0 Å². The van der Waals surface area contributed by atoms with Crippen molar-refractivity contribution in [3.8, 4) is 0 Å². The van der Waals surface area contributed by atoms with Gasteiger partial charge in [0, 0.05) is 12.0 Å². The molecule has 0 aromatic rings. The zero-order chi connectivity index (χ0) is 23.5. The first-order valence-corrected chi connectivity index (χ1v) is 13.0. The van der Waals surface area contributed by atoms with Gasteiger partial charge in [0.2, 0.25) is 0 Å². The van der Waals surface area contributed by atoms with Gasteiger partial charge in [-0.2, -0.15) is 0 Å². The lowest BCUT2D eigenvalue weighted by Crippen LogP contribution is -2.63. The first-order chi connectivity index (χ1) is 15.6. The highest BCUT2D eigenvalue weighted by Crippen LogP contribution is 2.73. The molecule has 2 aliphatic heterocycles. The predicted molar refractivity (Wildman–Crippen MR) is 123 cm³/mol. The van der Waals surface area contributed by atoms with E-state index in [4.69, 9.17) is 9.47 Å². The summed E-state index contributed by atoms with van der Waals surface area (Å²) in [6, 6.07) is 0. The molecule has 5 nitrogen and oxygen atoms in total. The third-order valence-corrected chi connectivity index (χ3v) is 11.6. The maximum atomic E-state index is 13.3. The minimum atomic E-state index is -0.697. The number of hydrogen-bond donors (Lipinski definition) is 1. The highest BCUT2D eigenvalue weighted by Gasteiger charge is 2.80. The predicted octanol–water partition coefficient (Wildman–Crippen LogP) is 4.38. The number of allylic oxidation sites excluding steroid dienone is 1. The number of fused-ring (bicyclic) bond motifs is 4. The maximum absolute atomic E-state index is 13.3. The zero-order valence-electron chi connectivity index (χ0n) is 20.6. The number of ether oxygens (including phenoxy) is 2. The molecule has 180 valence electrons. The normalized spacial score (nSPS) is 53.6. The van der Waals surface area contributed by atoms with Gasteiger partial charge in [0.25, 0.3) is 0 Å². The van der Waals surface area contributed by atoms with Gasteiger partial charge >= 0.3 is 5.97 Å². The van der Waals surface area contributed by atoms with Crippen LogP contribution in [0.1, 0.15) is 73.1 Å². The third-order valence-electron chi connectivity index (χ3n) is 11.6. The van der Waals surface area contributed by atoms with E-state index < -0.39 is 17.1 Å². The van der Waals surface area contributed by atoms with Crippen molar-refractivity contribution in [2.45, 2.75) is 97.1 Å². The van der Waals surface area contributed by atoms with Gasteiger partial charge in [-0.25, -0.2) is 4.79 Å². The van der Waals surface area contributed by atoms with Gasteiger partial charge in [0.15, 0.2) is 5.78 Å². The fraction of sp³-hybridized carbons (Fsp3) is 0.786. The number of hydrogen-bond acceptors (Lipinski definition) is 5. The van der Waals surface area contributed by atoms with Gasteiger partial charge in [0.05, 0.1) is 11.5 Å². The summed E-state index contributed by atoms with van der Waals surface area (Å²) in [5.41, 5.74) is 0.798. The second kappa shape index (κ2) is 6.81. The molecule has 1 spiro atoms. The molecule has 33 heavy (non-hydrogen) atoms. The molecule has 4 aliphatic carbocycles. The number of epoxide rings is 1. The molecule has 0 aromatic heterocycles. The molecule has 3 saturated carbocycles. The summed E-state index contributed by atoms with van der Waals surface area (Å²) in [4.78, 5) is 25.7. The summed E-state index contributed by atoms with van der Waals surface area (Å²) in [6.07, 6.45) is 8.75. The zero-order valence-corrected chi connectivity index (χ0v) is 20.6. The van der Waals surface area contributed by atoms with Crippen LogP contribution in [0.3, 0.4) is 0 Å². The van der Waals surface area contributed by atoms with Gasteiger partial charge in [-0.1, -0.05) is 19.4 Å². The van der Waals surface area contributed by atoms with Crippen LogP contribution in [0.2, 0.25) is 0 Å². The van der Waals surface area contributed by atoms with Crippen molar-refractivity contribution >= 4 is 11.8 Å². The summed E-state index contributed by atoms with van der Waals surface area (Å²) in [7, 11) is 0. The van der Waals surface area contributed by atoms with Crippen LogP contribution in [0.25, 0.3) is 0 Å². The summed E-state index contributed by atoms with van der Waals surface area (Å²) < 4.78 is 12.2. The van der Waals surface area contributed by atoms with Crippen molar-refractivity contribution in [3.05, 3.63) is 23.3 Å². The number of cyclic esters (lactones) is 1. The van der Waals surface area contributed by atoms with E-state index in [0.29, 0.717) is 23.7 Å². The monoisotopic (exact) mass is 454 g/mol. The molecule has 4 fully saturated rings. The number of carbonyl (C=O) groups is 2. The molecule has 6 rings (SSSR count). The standard InChI is InChI=1S/C28H38O5/c1-14-12-21(32-25(31)15(14)2)16(3)18-6-7-19-17-13-24-28(33-24)23(30)9-8-22(29)27(28,5)20(17)10-11-26(18,19)4/h8-9,16-21,23-24,30H,6-7,10-13H2,1-5H3/t16-,17-,18+,19-,20-,21?,23-,24+,26+,27-,28+/m0/s1. The SMILES string of the molecule is CC1=C(C)C(=O)OC([C@@H](C)[C@H]2CC[C@H]3[C@@H]4C[C@H]5O[C@]56[C@@H](O)C=CC(=O)[C@]6(C)[C@H]4CC[C@]23C)C1. The number of ketones is 1. The van der Waals surface area contributed by atoms with Crippen molar-refractivity contribution in [1.82, 2.24) is 0 Å². The van der Waals surface area contributed by atoms with Gasteiger partial charge in [0.1, 0.15) is 17.8 Å². The molecule has 0 radical (unpaired) electrons. The topological polar surface area (TPSA) is 76.1 Å². The highest BCUT2D eigenvalue weighted by molar-refractivity contribution is 5.98. The Labute approximate surface area is 197 Å². The van der Waals surface area contributed by atoms with E-state index in [1.54, 1.807) is 12.2 Å². The lowest BCUT2D eigenvalue weighted by Gasteiger charge is -2.58. The van der Waals surface area contributed by atoms with E-state index in [9.17, 15) is 14.7 Å². The summed E-state index contributed by atoms with van der Waals surface area (Å²) in [6.45, 7) is 10.8. The molecule has 0 amide bonds. The summed E-state index contributed by atoms with van der Waals surface area (Å²) in [5.74, 6) is 2.09. The van der Waals surface area contributed by atoms with Gasteiger partial charge in [-0.15, -0.1) is 0 Å². The van der Waals surface area contributed by atoms with E-state index in [2.05, 4.69) is 27.7 Å². The Morgan fingerprint density at radius 1 is 1.12 bits per heavy atom. The quantitative estimate of drug-likeness (QED) is 0.495. The second-order valence-electron chi connectivity index (χ2n) is 12.5. The fourth-order valence-corrected chi connectivity index (χ4v) is 9.54. The Balaban J connectivity index is 1.28. The number of esters is 1. The van der Waals surface area contributed by atoms with Crippen LogP contribution in [0.15, 0.2) is 23.3 Å². The first-order valence-electron chi connectivity index (χ1n) is 13.0. The largest absolute Gasteiger partial charge is 0.458 e. The van der Waals surface area contributed by atoms with Crippen molar-refractivity contribution in [2.75, 3.05) is 0 Å². The van der Waals surface area contributed by atoms with E-state index in [1.807, 2.05) is 6.92 Å². The summed E-state index contributed by atoms with van der Waals surface area (Å²) in [5, 5.41) is 10.8. The van der Waals surface area contributed by atoms with Crippen molar-refractivity contribution in [3.63, 3.8) is 0 Å². The number of rotatable bonds is 2. The van der Waals surface area contributed by atoms with Gasteiger partial charge in [-0.05, 0) is 100 Å². The Bertz CT molecular complexity index is 981. The van der Waals surface area contributed by atoms with E-state index in [1.165, 1.54) is 6.42 Å². The van der Waals surface area contributed by atoms with Crippen LogP contribution in [0, 0.1) is 40.4 Å². The minimum Gasteiger partial charge on any atom is -0.458 e. The van der Waals surface area contributed by atoms with Crippen LogP contribution in [-0.4, -0.2) is 40.8 Å². The van der Waals surface area contributed by atoms with Crippen molar-refractivity contribution < 1.29 is 24.2 Å². The third kappa shape index (κ3) is 2.56. The average Bonchev–Trinajstić information content (AvgIpc) is 3.41. The second-order valence-corrected chi connectivity index (χ2v) is 12.5. The maximum Gasteiger partial charge on any atom is 0.333 e. The van der Waals surface area contributed by atoms with Crippen LogP contribution < -0.4 is 0 Å². The Hall–Kier alpha value is -1.46. The molecule has 11 atom stereocenters. The molecular weight excluding hydrogens is 416 g/mol. The lowest BCUT2D eigenvalue weighted by atomic mass is 9.44. The van der Waals surface area contributed by atoms with Crippen LogP contribution in [-0.2, 0) is 19.1 Å². The van der Waals surface area contributed by atoms with Crippen LogP contribution in [0.4, 0.5) is 0 Å². The molecule has 6 aliphatic rings. The molecule has 5 heteroatoms. The van der Waals surface area contributed by atoms with E-state index in [-0.39, 0.29) is 35.3 Å². The summed E-state index contributed by atoms with van der Waals surface area (Å²) >= 11 is 0. The molecule has 1 saturated heterocycles. The fourth-order valence-electron chi connectivity index (χ4n) is 9.54. The molecule has 1 N–H and O–H groups in total. The molecule has 0 bridgehead atoms. The van der Waals surface area contributed by atoms with Gasteiger partial charge < -0.3 is 14.6 Å². The number of aliphatic hydroxyl groups is 1. The van der Waals surface area contributed by atoms with Crippen molar-refractivity contribution in [2.24, 2.45) is 40.4 Å². The van der Waals surface area contributed by atoms with Crippen LogP contribution in [0.5, 0.6) is 0 Å². The molecule has 2 heterocycles. The minimum absolute atomic E-state index is 0.0125. The molecule has 1 unspecified atom stereocenters. The lowest BCUT2D eigenvalue weighted by molar-refractivity contribution is -0.155. The highest BCUT2D eigenvalue weighted by atomic mass is 16.6. The van der Waals surface area contributed by atoms with E-state index >= 15 is 0 Å². The van der Waals surface area contributed by atoms with Crippen LogP contribution >= 0.6 is 0 Å².